The molecule has 1 saturated heterocycles. The molecule has 7 unspecified atom stereocenters. The summed E-state index contributed by atoms with van der Waals surface area (Å²) >= 11 is 0. The van der Waals surface area contributed by atoms with Crippen LogP contribution in [-0.2, 0) is 14.3 Å². The van der Waals surface area contributed by atoms with Gasteiger partial charge in [0.15, 0.2) is 6.29 Å². The maximum absolute atomic E-state index is 13.1. The van der Waals surface area contributed by atoms with Crippen LogP contribution in [-0.4, -0.2) is 87.5 Å². The predicted molar refractivity (Wildman–Crippen MR) is 373 cm³/mol. The van der Waals surface area contributed by atoms with Crippen molar-refractivity contribution in [2.45, 2.75) is 403 Å². The highest BCUT2D eigenvalue weighted by atomic mass is 16.7. The van der Waals surface area contributed by atoms with Crippen LogP contribution >= 0.6 is 0 Å². The maximum Gasteiger partial charge on any atom is 0.220 e. The molecular weight excluding hydrogens is 1080 g/mol. The van der Waals surface area contributed by atoms with Gasteiger partial charge in [0.1, 0.15) is 24.4 Å². The van der Waals surface area contributed by atoms with E-state index in [1.165, 1.54) is 276 Å². The molecule has 87 heavy (non-hydrogen) atoms. The summed E-state index contributed by atoms with van der Waals surface area (Å²) in [7, 11) is 0. The fourth-order valence-corrected chi connectivity index (χ4v) is 11.9. The fourth-order valence-electron chi connectivity index (χ4n) is 11.9. The van der Waals surface area contributed by atoms with Crippen molar-refractivity contribution < 1.29 is 39.8 Å². The molecule has 508 valence electrons. The summed E-state index contributed by atoms with van der Waals surface area (Å²) in [6.45, 7) is 3.70. The van der Waals surface area contributed by atoms with E-state index in [-0.39, 0.29) is 12.5 Å². The van der Waals surface area contributed by atoms with Crippen molar-refractivity contribution in [2.24, 2.45) is 0 Å². The largest absolute Gasteiger partial charge is 0.394 e. The minimum atomic E-state index is -1.57. The van der Waals surface area contributed by atoms with Gasteiger partial charge >= 0.3 is 0 Å². The van der Waals surface area contributed by atoms with Crippen LogP contribution in [0.15, 0.2) is 72.9 Å². The minimum absolute atomic E-state index is 0.180. The average molecular weight is 1220 g/mol. The van der Waals surface area contributed by atoms with Gasteiger partial charge in [0, 0.05) is 6.42 Å². The SMILES string of the molecule is CC/C=C\C/C=C\C/C=C\C/C=C\CCCCCCCCCCCCCCCCCCCCCCCCCCC(=O)NC(COC1OC(CO)C(O)C(O)C1O)C(O)/C=C/CC/C=C/CCCCCCCCCCCCCCCCCCCCCCC. The van der Waals surface area contributed by atoms with Crippen LogP contribution in [0.3, 0.4) is 0 Å². The van der Waals surface area contributed by atoms with Crippen LogP contribution in [0.4, 0.5) is 0 Å². The van der Waals surface area contributed by atoms with Gasteiger partial charge in [0.2, 0.25) is 5.91 Å². The van der Waals surface area contributed by atoms with E-state index in [9.17, 15) is 30.3 Å². The van der Waals surface area contributed by atoms with Gasteiger partial charge in [0.05, 0.1) is 25.4 Å². The fraction of sp³-hybridized carbons (Fsp3) is 0.833. The molecule has 1 fully saturated rings. The van der Waals surface area contributed by atoms with Crippen molar-refractivity contribution in [1.29, 1.82) is 0 Å². The summed E-state index contributed by atoms with van der Waals surface area (Å²) in [5.74, 6) is -0.180. The van der Waals surface area contributed by atoms with Crippen molar-refractivity contribution in [1.82, 2.24) is 5.32 Å². The number of carbonyl (C=O) groups excluding carboxylic acids is 1. The molecule has 9 heteroatoms. The van der Waals surface area contributed by atoms with Crippen LogP contribution < -0.4 is 5.32 Å². The number of allylic oxidation sites excluding steroid dienone is 11. The molecule has 1 amide bonds. The third-order valence-electron chi connectivity index (χ3n) is 17.8. The van der Waals surface area contributed by atoms with Gasteiger partial charge in [-0.1, -0.05) is 356 Å². The van der Waals surface area contributed by atoms with Crippen LogP contribution in [0.1, 0.15) is 361 Å². The molecule has 0 saturated carbocycles. The summed E-state index contributed by atoms with van der Waals surface area (Å²) in [5, 5.41) is 54.8. The standard InChI is InChI=1S/C78H143NO8/c1-3-5-7-9-11-13-15-17-19-21-23-25-27-29-31-32-33-34-35-36-37-38-39-40-42-44-46-48-50-52-54-56-58-60-62-64-66-68-74(82)79-71(70-86-78-77(85)76(84)75(83)73(69-80)87-78)72(81)67-65-63-61-59-57-55-53-51-49-47-45-43-41-30-28-26-24-22-20-18-16-14-12-10-8-6-4-2/h5,7,11,13,17,19,23,25,57,59,65,67,71-73,75-78,80-81,83-85H,3-4,6,8-10,12,14-16,18,20-22,24,26-56,58,60-64,66,68-70H2,1-2H3,(H,79,82)/b7-5-,13-11-,19-17-,25-23-,59-57+,67-65+. The Hall–Kier alpha value is -2.37. The quantitative estimate of drug-likeness (QED) is 0.0261. The molecule has 0 aromatic rings. The monoisotopic (exact) mass is 1220 g/mol. The van der Waals surface area contributed by atoms with Gasteiger partial charge in [-0.25, -0.2) is 0 Å². The molecular formula is C78H143NO8. The Labute approximate surface area is 538 Å². The van der Waals surface area contributed by atoms with E-state index in [2.05, 4.69) is 79.9 Å². The van der Waals surface area contributed by atoms with Crippen LogP contribution in [0.5, 0.6) is 0 Å². The summed E-state index contributed by atoms with van der Waals surface area (Å²) < 4.78 is 11.3. The van der Waals surface area contributed by atoms with Crippen molar-refractivity contribution in [2.75, 3.05) is 13.2 Å². The lowest BCUT2D eigenvalue weighted by Gasteiger charge is -2.40. The Morgan fingerprint density at radius 1 is 0.402 bits per heavy atom. The van der Waals surface area contributed by atoms with Crippen LogP contribution in [0, 0.1) is 0 Å². The number of ether oxygens (including phenoxy) is 2. The van der Waals surface area contributed by atoms with Crippen molar-refractivity contribution in [3.05, 3.63) is 72.9 Å². The number of nitrogens with one attached hydrogen (secondary N) is 1. The normalized spacial score (nSPS) is 18.4. The van der Waals surface area contributed by atoms with E-state index >= 15 is 0 Å². The number of amides is 1. The lowest BCUT2D eigenvalue weighted by molar-refractivity contribution is -0.302. The Morgan fingerprint density at radius 2 is 0.724 bits per heavy atom. The molecule has 1 aliphatic heterocycles. The van der Waals surface area contributed by atoms with Crippen LogP contribution in [0.2, 0.25) is 0 Å². The zero-order chi connectivity index (χ0) is 62.8. The van der Waals surface area contributed by atoms with E-state index in [0.717, 1.165) is 64.2 Å². The lowest BCUT2D eigenvalue weighted by Crippen LogP contribution is -2.60. The molecule has 1 rings (SSSR count). The summed E-state index contributed by atoms with van der Waals surface area (Å²) in [5.41, 5.74) is 0. The number of aliphatic hydroxyl groups excluding tert-OH is 5. The first kappa shape index (κ1) is 82.6. The molecule has 7 atom stereocenters. The summed E-state index contributed by atoms with van der Waals surface area (Å²) in [6.07, 6.45) is 87.5. The van der Waals surface area contributed by atoms with Crippen molar-refractivity contribution >= 4 is 5.91 Å². The van der Waals surface area contributed by atoms with E-state index in [4.69, 9.17) is 9.47 Å². The Morgan fingerprint density at radius 3 is 1.10 bits per heavy atom. The first-order valence-corrected chi connectivity index (χ1v) is 37.7. The number of aliphatic hydroxyl groups is 5. The summed E-state index contributed by atoms with van der Waals surface area (Å²) in [6, 6.07) is -0.824. The third-order valence-corrected chi connectivity index (χ3v) is 17.8. The molecule has 0 aliphatic carbocycles. The molecule has 9 nitrogen and oxygen atoms in total. The number of rotatable bonds is 66. The Kier molecular flexibility index (Phi) is 63.2. The predicted octanol–water partition coefficient (Wildman–Crippen LogP) is 21.1. The highest BCUT2D eigenvalue weighted by Crippen LogP contribution is 2.24. The Balaban J connectivity index is 2.09. The first-order chi connectivity index (χ1) is 42.8. The molecule has 6 N–H and O–H groups in total. The molecule has 0 aromatic heterocycles. The van der Waals surface area contributed by atoms with E-state index in [1.807, 2.05) is 6.08 Å². The smallest absolute Gasteiger partial charge is 0.220 e. The number of unbranched alkanes of at least 4 members (excludes halogenated alkanes) is 46. The van der Waals surface area contributed by atoms with Gasteiger partial charge in [-0.2, -0.15) is 0 Å². The maximum atomic E-state index is 13.1. The summed E-state index contributed by atoms with van der Waals surface area (Å²) in [4.78, 5) is 13.1. The second-order valence-electron chi connectivity index (χ2n) is 26.1. The molecule has 0 bridgehead atoms. The minimum Gasteiger partial charge on any atom is -0.394 e. The zero-order valence-electron chi connectivity index (χ0n) is 57.0. The van der Waals surface area contributed by atoms with E-state index < -0.39 is 49.5 Å². The second kappa shape index (κ2) is 66.5. The average Bonchev–Trinajstić information content (AvgIpc) is 3.37. The number of carbonyl (C=O) groups is 1. The van der Waals surface area contributed by atoms with E-state index in [0.29, 0.717) is 6.42 Å². The van der Waals surface area contributed by atoms with Crippen molar-refractivity contribution in [3.8, 4) is 0 Å². The van der Waals surface area contributed by atoms with Crippen LogP contribution in [0.25, 0.3) is 0 Å². The highest BCUT2D eigenvalue weighted by Gasteiger charge is 2.44. The molecule has 0 spiro atoms. The number of hydrogen-bond acceptors (Lipinski definition) is 8. The molecule has 0 radical (unpaired) electrons. The zero-order valence-corrected chi connectivity index (χ0v) is 57.0. The van der Waals surface area contributed by atoms with Gasteiger partial charge in [-0.05, 0) is 70.6 Å². The van der Waals surface area contributed by atoms with Gasteiger partial charge in [-0.3, -0.25) is 4.79 Å². The number of hydrogen-bond donors (Lipinski definition) is 6. The first-order valence-electron chi connectivity index (χ1n) is 37.7. The second-order valence-corrected chi connectivity index (χ2v) is 26.1. The molecule has 0 aromatic carbocycles. The molecule has 1 aliphatic rings. The molecule has 1 heterocycles. The topological polar surface area (TPSA) is 149 Å². The third kappa shape index (κ3) is 55.0. The van der Waals surface area contributed by atoms with Gasteiger partial charge in [0.25, 0.3) is 0 Å². The highest BCUT2D eigenvalue weighted by molar-refractivity contribution is 5.76. The lowest BCUT2D eigenvalue weighted by atomic mass is 9.99. The van der Waals surface area contributed by atoms with E-state index in [1.54, 1.807) is 6.08 Å². The van der Waals surface area contributed by atoms with Gasteiger partial charge < -0.3 is 40.3 Å². The van der Waals surface area contributed by atoms with Crippen molar-refractivity contribution in [3.63, 3.8) is 0 Å². The Bertz CT molecular complexity index is 1610. The van der Waals surface area contributed by atoms with Gasteiger partial charge in [-0.15, -0.1) is 0 Å².